The van der Waals surface area contributed by atoms with Crippen LogP contribution in [0.15, 0.2) is 18.2 Å². The molecule has 1 amide bonds. The molecule has 0 bridgehead atoms. The molecule has 0 saturated heterocycles. The van der Waals surface area contributed by atoms with Gasteiger partial charge in [-0.25, -0.2) is 0 Å². The minimum absolute atomic E-state index is 0.0357. The molecule has 21 heavy (non-hydrogen) atoms. The highest BCUT2D eigenvalue weighted by atomic mass is 35.5. The normalized spacial score (nSPS) is 14.3. The van der Waals surface area contributed by atoms with Gasteiger partial charge in [0.1, 0.15) is 5.75 Å². The molecule has 1 aromatic rings. The van der Waals surface area contributed by atoms with Gasteiger partial charge in [-0.3, -0.25) is 4.79 Å². The molecule has 1 aromatic carbocycles. The Bertz CT molecular complexity index is 487. The van der Waals surface area contributed by atoms with Crippen molar-refractivity contribution in [2.24, 2.45) is 5.92 Å². The van der Waals surface area contributed by atoms with Crippen LogP contribution in [0.4, 0.5) is 0 Å². The van der Waals surface area contributed by atoms with Gasteiger partial charge >= 0.3 is 0 Å². The number of halogens is 1. The van der Waals surface area contributed by atoms with Crippen LogP contribution in [0, 0.1) is 5.92 Å². The highest BCUT2D eigenvalue weighted by Gasteiger charge is 2.23. The van der Waals surface area contributed by atoms with Gasteiger partial charge in [-0.1, -0.05) is 31.5 Å². The highest BCUT2D eigenvalue weighted by molar-refractivity contribution is 6.31. The number of hydrogen-bond donors (Lipinski definition) is 2. The second kappa shape index (κ2) is 7.66. The number of amides is 1. The van der Waals surface area contributed by atoms with Crippen LogP contribution in [0.3, 0.4) is 0 Å². The van der Waals surface area contributed by atoms with E-state index in [2.05, 4.69) is 24.5 Å². The Morgan fingerprint density at radius 3 is 2.86 bits per heavy atom. The first-order chi connectivity index (χ1) is 10.1. The lowest BCUT2D eigenvalue weighted by Gasteiger charge is -2.14. The third-order valence-electron chi connectivity index (χ3n) is 3.23. The average Bonchev–Trinajstić information content (AvgIpc) is 3.22. The quantitative estimate of drug-likeness (QED) is 0.776. The van der Waals surface area contributed by atoms with Crippen LogP contribution in [-0.2, 0) is 11.3 Å². The summed E-state index contributed by atoms with van der Waals surface area (Å²) in [6, 6.07) is 5.88. The van der Waals surface area contributed by atoms with E-state index in [0.717, 1.165) is 24.9 Å². The molecular formula is C16H23ClN2O2. The zero-order valence-corrected chi connectivity index (χ0v) is 13.4. The Balaban J connectivity index is 1.90. The Morgan fingerprint density at radius 1 is 1.43 bits per heavy atom. The molecule has 5 heteroatoms. The second-order valence-electron chi connectivity index (χ2n) is 5.87. The summed E-state index contributed by atoms with van der Waals surface area (Å²) in [6.45, 7) is 5.89. The topological polar surface area (TPSA) is 50.4 Å². The van der Waals surface area contributed by atoms with Gasteiger partial charge < -0.3 is 15.4 Å². The van der Waals surface area contributed by atoms with E-state index in [0.29, 0.717) is 29.3 Å². The van der Waals surface area contributed by atoms with Crippen LogP contribution in [0.2, 0.25) is 5.02 Å². The van der Waals surface area contributed by atoms with Gasteiger partial charge in [0, 0.05) is 23.2 Å². The van der Waals surface area contributed by atoms with Crippen molar-refractivity contribution in [3.8, 4) is 5.75 Å². The third kappa shape index (κ3) is 5.56. The number of benzene rings is 1. The summed E-state index contributed by atoms with van der Waals surface area (Å²) < 4.78 is 5.63. The minimum atomic E-state index is -0.0708. The predicted octanol–water partition coefficient (Wildman–Crippen LogP) is 2.74. The fourth-order valence-electron chi connectivity index (χ4n) is 1.97. The van der Waals surface area contributed by atoms with Gasteiger partial charge in [-0.2, -0.15) is 0 Å². The van der Waals surface area contributed by atoms with Crippen LogP contribution in [-0.4, -0.2) is 25.1 Å². The molecule has 0 unspecified atom stereocenters. The molecule has 0 radical (unpaired) electrons. The average molecular weight is 311 g/mol. The maximum absolute atomic E-state index is 11.7. The first-order valence-corrected chi connectivity index (χ1v) is 7.84. The fourth-order valence-corrected chi connectivity index (χ4v) is 2.20. The van der Waals surface area contributed by atoms with Crippen molar-refractivity contribution in [1.82, 2.24) is 10.6 Å². The third-order valence-corrected chi connectivity index (χ3v) is 3.59. The van der Waals surface area contributed by atoms with Crippen LogP contribution in [0.25, 0.3) is 0 Å². The summed E-state index contributed by atoms with van der Waals surface area (Å²) in [6.07, 6.45) is 2.15. The smallest absolute Gasteiger partial charge is 0.258 e. The lowest BCUT2D eigenvalue weighted by atomic mass is 10.1. The Labute approximate surface area is 131 Å². The molecule has 2 N–H and O–H groups in total. The first kappa shape index (κ1) is 16.1. The first-order valence-electron chi connectivity index (χ1n) is 7.46. The monoisotopic (exact) mass is 310 g/mol. The number of carbonyl (C=O) groups excluding carboxylic acids is 1. The molecule has 1 fully saturated rings. The minimum Gasteiger partial charge on any atom is -0.483 e. The lowest BCUT2D eigenvalue weighted by Crippen LogP contribution is -2.30. The molecule has 1 aliphatic rings. The summed E-state index contributed by atoms with van der Waals surface area (Å²) in [7, 11) is 0. The van der Waals surface area contributed by atoms with Gasteiger partial charge in [0.15, 0.2) is 6.61 Å². The van der Waals surface area contributed by atoms with Crippen molar-refractivity contribution in [2.75, 3.05) is 13.2 Å². The predicted molar refractivity (Wildman–Crippen MR) is 84.7 cm³/mol. The molecule has 0 spiro atoms. The SMILES string of the molecule is CC(C)CNCc1c(Cl)cccc1OCC(=O)NC1CC1. The van der Waals surface area contributed by atoms with E-state index >= 15 is 0 Å². The van der Waals surface area contributed by atoms with E-state index in [9.17, 15) is 4.79 Å². The van der Waals surface area contributed by atoms with E-state index in [1.54, 1.807) is 0 Å². The number of rotatable bonds is 8. The molecule has 0 heterocycles. The van der Waals surface area contributed by atoms with Crippen molar-refractivity contribution >= 4 is 17.5 Å². The fraction of sp³-hybridized carbons (Fsp3) is 0.562. The zero-order valence-electron chi connectivity index (χ0n) is 12.6. The van der Waals surface area contributed by atoms with Crippen LogP contribution in [0.5, 0.6) is 5.75 Å². The van der Waals surface area contributed by atoms with Gasteiger partial charge in [0.2, 0.25) is 0 Å². The number of carbonyl (C=O) groups is 1. The zero-order chi connectivity index (χ0) is 15.2. The molecule has 1 saturated carbocycles. The molecule has 0 atom stereocenters. The van der Waals surface area contributed by atoms with Crippen molar-refractivity contribution in [3.63, 3.8) is 0 Å². The van der Waals surface area contributed by atoms with Crippen LogP contribution in [0.1, 0.15) is 32.3 Å². The van der Waals surface area contributed by atoms with E-state index in [1.807, 2.05) is 18.2 Å². The molecule has 4 nitrogen and oxygen atoms in total. The standard InChI is InChI=1S/C16H23ClN2O2/c1-11(2)8-18-9-13-14(17)4-3-5-15(13)21-10-16(20)19-12-6-7-12/h3-5,11-12,18H,6-10H2,1-2H3,(H,19,20). The summed E-state index contributed by atoms with van der Waals surface area (Å²) >= 11 is 6.23. The van der Waals surface area contributed by atoms with E-state index in [1.165, 1.54) is 0 Å². The van der Waals surface area contributed by atoms with Crippen molar-refractivity contribution in [1.29, 1.82) is 0 Å². The van der Waals surface area contributed by atoms with Crippen LogP contribution >= 0.6 is 11.6 Å². The lowest BCUT2D eigenvalue weighted by molar-refractivity contribution is -0.123. The van der Waals surface area contributed by atoms with E-state index < -0.39 is 0 Å². The van der Waals surface area contributed by atoms with Crippen molar-refractivity contribution in [3.05, 3.63) is 28.8 Å². The largest absolute Gasteiger partial charge is 0.483 e. The Morgan fingerprint density at radius 2 is 2.19 bits per heavy atom. The highest BCUT2D eigenvalue weighted by Crippen LogP contribution is 2.26. The van der Waals surface area contributed by atoms with Gasteiger partial charge in [0.05, 0.1) is 0 Å². The maximum atomic E-state index is 11.7. The molecular weight excluding hydrogens is 288 g/mol. The van der Waals surface area contributed by atoms with Crippen LogP contribution < -0.4 is 15.4 Å². The van der Waals surface area contributed by atoms with Crippen molar-refractivity contribution < 1.29 is 9.53 Å². The molecule has 116 valence electrons. The van der Waals surface area contributed by atoms with E-state index in [-0.39, 0.29) is 12.5 Å². The summed E-state index contributed by atoms with van der Waals surface area (Å²) in [4.78, 5) is 11.7. The summed E-state index contributed by atoms with van der Waals surface area (Å²) in [5, 5.41) is 6.91. The molecule has 0 aromatic heterocycles. The Hall–Kier alpha value is -1.26. The number of hydrogen-bond acceptors (Lipinski definition) is 3. The van der Waals surface area contributed by atoms with Gasteiger partial charge in [-0.15, -0.1) is 0 Å². The molecule has 1 aliphatic carbocycles. The maximum Gasteiger partial charge on any atom is 0.258 e. The van der Waals surface area contributed by atoms with Gasteiger partial charge in [-0.05, 0) is 37.4 Å². The Kier molecular flexibility index (Phi) is 5.88. The summed E-state index contributed by atoms with van der Waals surface area (Å²) in [5.74, 6) is 1.17. The second-order valence-corrected chi connectivity index (χ2v) is 6.28. The number of ether oxygens (including phenoxy) is 1. The van der Waals surface area contributed by atoms with Crippen molar-refractivity contribution in [2.45, 2.75) is 39.3 Å². The molecule has 2 rings (SSSR count). The van der Waals surface area contributed by atoms with E-state index in [4.69, 9.17) is 16.3 Å². The number of nitrogens with one attached hydrogen (secondary N) is 2. The summed E-state index contributed by atoms with van der Waals surface area (Å²) in [5.41, 5.74) is 0.902. The molecule has 0 aliphatic heterocycles. The van der Waals surface area contributed by atoms with Gasteiger partial charge in [0.25, 0.3) is 5.91 Å².